The molecular weight excluding hydrogens is 436 g/mol. The van der Waals surface area contributed by atoms with Crippen LogP contribution in [-0.4, -0.2) is 66.4 Å². The highest BCUT2D eigenvalue weighted by Gasteiger charge is 2.35. The number of benzene rings is 2. The fraction of sp³-hybridized carbons (Fsp3) is 0.423. The molecule has 2 aromatic rings. The van der Waals surface area contributed by atoms with Crippen molar-refractivity contribution in [2.24, 2.45) is 0 Å². The molecule has 2 aliphatic rings. The van der Waals surface area contributed by atoms with Crippen LogP contribution in [0.3, 0.4) is 0 Å². The molecule has 1 aliphatic heterocycles. The molecule has 0 spiro atoms. The summed E-state index contributed by atoms with van der Waals surface area (Å²) in [4.78, 5) is 37.9. The first-order valence-electron chi connectivity index (χ1n) is 11.7. The molecule has 1 fully saturated rings. The third kappa shape index (κ3) is 5.07. The summed E-state index contributed by atoms with van der Waals surface area (Å²) < 4.78 is 11.2. The third-order valence-electron chi connectivity index (χ3n) is 6.48. The number of carboxylic acids is 1. The van der Waals surface area contributed by atoms with Crippen LogP contribution in [0, 0.1) is 0 Å². The van der Waals surface area contributed by atoms with Gasteiger partial charge in [0.15, 0.2) is 0 Å². The van der Waals surface area contributed by atoms with Crippen LogP contribution in [0.15, 0.2) is 48.5 Å². The highest BCUT2D eigenvalue weighted by molar-refractivity contribution is 5.84. The van der Waals surface area contributed by atoms with Crippen molar-refractivity contribution in [2.45, 2.75) is 44.2 Å². The summed E-state index contributed by atoms with van der Waals surface area (Å²) in [5, 5.41) is 12.0. The molecule has 0 radical (unpaired) electrons. The van der Waals surface area contributed by atoms with Crippen molar-refractivity contribution in [3.8, 4) is 11.1 Å². The van der Waals surface area contributed by atoms with Gasteiger partial charge in [-0.15, -0.1) is 0 Å². The molecule has 0 bridgehead atoms. The van der Waals surface area contributed by atoms with Crippen molar-refractivity contribution in [2.75, 3.05) is 26.3 Å². The van der Waals surface area contributed by atoms with Gasteiger partial charge in [0.2, 0.25) is 5.91 Å². The van der Waals surface area contributed by atoms with Gasteiger partial charge in [0, 0.05) is 25.6 Å². The Bertz CT molecular complexity index is 1010. The van der Waals surface area contributed by atoms with Crippen LogP contribution < -0.4 is 5.32 Å². The summed E-state index contributed by atoms with van der Waals surface area (Å²) in [7, 11) is 0. The first-order valence-corrected chi connectivity index (χ1v) is 11.7. The van der Waals surface area contributed by atoms with Crippen molar-refractivity contribution < 1.29 is 29.0 Å². The molecule has 0 aromatic heterocycles. The number of ether oxygens (including phenoxy) is 2. The van der Waals surface area contributed by atoms with Gasteiger partial charge >= 0.3 is 12.1 Å². The van der Waals surface area contributed by atoms with Gasteiger partial charge in [0.25, 0.3) is 0 Å². The number of nitrogens with one attached hydrogen (secondary N) is 1. The lowest BCUT2D eigenvalue weighted by molar-refractivity contribution is -0.149. The summed E-state index contributed by atoms with van der Waals surface area (Å²) in [6.07, 6.45) is -0.0174. The molecule has 2 N–H and O–H groups in total. The Balaban J connectivity index is 1.31. The van der Waals surface area contributed by atoms with Gasteiger partial charge in [-0.1, -0.05) is 48.5 Å². The van der Waals surface area contributed by atoms with E-state index in [4.69, 9.17) is 9.47 Å². The minimum absolute atomic E-state index is 0.00127. The molecular formula is C26H30N2O6. The van der Waals surface area contributed by atoms with Gasteiger partial charge < -0.3 is 24.8 Å². The second-order valence-corrected chi connectivity index (χ2v) is 8.57. The number of carbonyl (C=O) groups is 3. The number of amides is 2. The lowest BCUT2D eigenvalue weighted by atomic mass is 9.98. The van der Waals surface area contributed by atoms with E-state index < -0.39 is 24.2 Å². The van der Waals surface area contributed by atoms with Gasteiger partial charge in [-0.3, -0.25) is 4.79 Å². The molecule has 8 heteroatoms. The van der Waals surface area contributed by atoms with Gasteiger partial charge in [0.05, 0.1) is 12.5 Å². The number of hydrogen-bond donors (Lipinski definition) is 2. The Morgan fingerprint density at radius 2 is 1.74 bits per heavy atom. The average Bonchev–Trinajstić information content (AvgIpc) is 3.45. The molecule has 2 atom stereocenters. The van der Waals surface area contributed by atoms with E-state index in [0.717, 1.165) is 22.3 Å². The highest BCUT2D eigenvalue weighted by atomic mass is 16.5. The van der Waals surface area contributed by atoms with E-state index in [-0.39, 0.29) is 31.4 Å². The molecule has 8 nitrogen and oxygen atoms in total. The van der Waals surface area contributed by atoms with Crippen molar-refractivity contribution in [3.05, 3.63) is 59.7 Å². The minimum atomic E-state index is -0.990. The van der Waals surface area contributed by atoms with Crippen LogP contribution in [0.2, 0.25) is 0 Å². The van der Waals surface area contributed by atoms with E-state index in [9.17, 15) is 19.5 Å². The zero-order chi connectivity index (χ0) is 24.1. The molecule has 4 rings (SSSR count). The van der Waals surface area contributed by atoms with E-state index in [1.54, 1.807) is 6.92 Å². The van der Waals surface area contributed by atoms with Gasteiger partial charge in [-0.05, 0) is 42.0 Å². The van der Waals surface area contributed by atoms with Crippen LogP contribution >= 0.6 is 0 Å². The van der Waals surface area contributed by atoms with Crippen LogP contribution in [0.5, 0.6) is 0 Å². The summed E-state index contributed by atoms with van der Waals surface area (Å²) in [6, 6.07) is 15.4. The number of rotatable bonds is 9. The molecule has 1 unspecified atom stereocenters. The van der Waals surface area contributed by atoms with E-state index in [0.29, 0.717) is 26.0 Å². The van der Waals surface area contributed by atoms with Crippen LogP contribution in [-0.2, 0) is 19.1 Å². The SMILES string of the molecule is CCOC(CNC(=O)OCC1c2ccccc2-c2ccccc21)CC(=O)N1CCC[C@H]1C(=O)O. The molecule has 1 saturated heterocycles. The Morgan fingerprint density at radius 1 is 1.09 bits per heavy atom. The van der Waals surface area contributed by atoms with Crippen LogP contribution in [0.25, 0.3) is 11.1 Å². The van der Waals surface area contributed by atoms with E-state index in [2.05, 4.69) is 29.6 Å². The Labute approximate surface area is 198 Å². The zero-order valence-electron chi connectivity index (χ0n) is 19.2. The summed E-state index contributed by atoms with van der Waals surface area (Å²) in [6.45, 7) is 2.90. The fourth-order valence-electron chi connectivity index (χ4n) is 4.91. The summed E-state index contributed by atoms with van der Waals surface area (Å²) in [5.41, 5.74) is 4.58. The zero-order valence-corrected chi connectivity index (χ0v) is 19.2. The maximum absolute atomic E-state index is 12.7. The minimum Gasteiger partial charge on any atom is -0.480 e. The van der Waals surface area contributed by atoms with Crippen LogP contribution in [0.1, 0.15) is 43.2 Å². The number of carboxylic acid groups (broad SMARTS) is 1. The lowest BCUT2D eigenvalue weighted by Crippen LogP contribution is -2.43. The highest BCUT2D eigenvalue weighted by Crippen LogP contribution is 2.44. The predicted molar refractivity (Wildman–Crippen MR) is 125 cm³/mol. The monoisotopic (exact) mass is 466 g/mol. The number of fused-ring (bicyclic) bond motifs is 3. The molecule has 1 aliphatic carbocycles. The normalized spacial score (nSPS) is 17.7. The lowest BCUT2D eigenvalue weighted by Gasteiger charge is -2.24. The van der Waals surface area contributed by atoms with E-state index in [1.807, 2.05) is 24.3 Å². The van der Waals surface area contributed by atoms with E-state index >= 15 is 0 Å². The largest absolute Gasteiger partial charge is 0.480 e. The summed E-state index contributed by atoms with van der Waals surface area (Å²) >= 11 is 0. The van der Waals surface area contributed by atoms with Crippen molar-refractivity contribution in [1.82, 2.24) is 10.2 Å². The molecule has 0 saturated carbocycles. The van der Waals surface area contributed by atoms with Crippen molar-refractivity contribution >= 4 is 18.0 Å². The summed E-state index contributed by atoms with van der Waals surface area (Å²) in [5.74, 6) is -1.31. The van der Waals surface area contributed by atoms with Gasteiger partial charge in [-0.25, -0.2) is 9.59 Å². The van der Waals surface area contributed by atoms with Crippen LogP contribution in [0.4, 0.5) is 4.79 Å². The topological polar surface area (TPSA) is 105 Å². The number of aliphatic carboxylic acids is 1. The number of nitrogens with zero attached hydrogens (tertiary/aromatic N) is 1. The Hall–Kier alpha value is -3.39. The van der Waals surface area contributed by atoms with Gasteiger partial charge in [0.1, 0.15) is 12.6 Å². The molecule has 180 valence electrons. The van der Waals surface area contributed by atoms with Crippen molar-refractivity contribution in [1.29, 1.82) is 0 Å². The van der Waals surface area contributed by atoms with Crippen molar-refractivity contribution in [3.63, 3.8) is 0 Å². The third-order valence-corrected chi connectivity index (χ3v) is 6.48. The number of likely N-dealkylation sites (tertiary alicyclic amines) is 1. The number of alkyl carbamates (subject to hydrolysis) is 1. The quantitative estimate of drug-likeness (QED) is 0.587. The first kappa shape index (κ1) is 23.8. The first-order chi connectivity index (χ1) is 16.5. The predicted octanol–water partition coefficient (Wildman–Crippen LogP) is 3.40. The maximum atomic E-state index is 12.7. The van der Waals surface area contributed by atoms with Gasteiger partial charge in [-0.2, -0.15) is 0 Å². The standard InChI is InChI=1S/C26H30N2O6/c1-2-33-17(14-24(29)28-13-7-12-23(28)25(30)31)15-27-26(32)34-16-22-20-10-5-3-8-18(20)19-9-4-6-11-21(19)22/h3-6,8-11,17,22-23H,2,7,12-16H2,1H3,(H,27,32)(H,30,31)/t17?,23-/m0/s1. The smallest absolute Gasteiger partial charge is 0.407 e. The molecule has 2 amide bonds. The molecule has 1 heterocycles. The average molecular weight is 467 g/mol. The second-order valence-electron chi connectivity index (χ2n) is 8.57. The number of carbonyl (C=O) groups excluding carboxylic acids is 2. The molecule has 2 aromatic carbocycles. The maximum Gasteiger partial charge on any atom is 0.407 e. The number of hydrogen-bond acceptors (Lipinski definition) is 5. The second kappa shape index (κ2) is 10.7. The Morgan fingerprint density at radius 3 is 2.35 bits per heavy atom. The Kier molecular flexibility index (Phi) is 7.47. The molecule has 34 heavy (non-hydrogen) atoms. The fourth-order valence-corrected chi connectivity index (χ4v) is 4.91. The van der Waals surface area contributed by atoms with E-state index in [1.165, 1.54) is 4.90 Å².